The molecule has 0 atom stereocenters. The fourth-order valence-electron chi connectivity index (χ4n) is 3.99. The van der Waals surface area contributed by atoms with E-state index in [0.29, 0.717) is 30.1 Å². The number of piperidine rings is 1. The minimum absolute atomic E-state index is 0.0152. The number of hydrogen-bond donors (Lipinski definition) is 0. The SMILES string of the molecule is O=C(OCc1cc(-c2ccco2)on1)C1CCN(S(=O)(=O)c2ccc3ccccc3c2)CC1. The number of aromatic nitrogens is 1. The van der Waals surface area contributed by atoms with Crippen LogP contribution in [0.25, 0.3) is 22.3 Å². The molecule has 0 radical (unpaired) electrons. The third-order valence-electron chi connectivity index (χ3n) is 5.83. The summed E-state index contributed by atoms with van der Waals surface area (Å²) in [5.41, 5.74) is 0.478. The molecule has 1 aliphatic heterocycles. The standard InChI is InChI=1S/C24H22N2O6S/c27-24(31-16-20-15-23(32-25-20)22-6-3-13-30-22)18-9-11-26(12-10-18)33(28,29)21-8-7-17-4-1-2-5-19(17)14-21/h1-8,13-15,18H,9-12,16H2. The summed E-state index contributed by atoms with van der Waals surface area (Å²) in [7, 11) is -3.63. The van der Waals surface area contributed by atoms with Crippen LogP contribution in [0, 0.1) is 5.92 Å². The van der Waals surface area contributed by atoms with Crippen LogP contribution in [0.3, 0.4) is 0 Å². The van der Waals surface area contributed by atoms with Crippen molar-refractivity contribution in [3.63, 3.8) is 0 Å². The Morgan fingerprint density at radius 1 is 1.00 bits per heavy atom. The van der Waals surface area contributed by atoms with Crippen molar-refractivity contribution in [3.8, 4) is 11.5 Å². The van der Waals surface area contributed by atoms with Crippen molar-refractivity contribution in [2.45, 2.75) is 24.3 Å². The number of furan rings is 1. The number of esters is 1. The Labute approximate surface area is 190 Å². The molecule has 0 bridgehead atoms. The maximum absolute atomic E-state index is 13.1. The summed E-state index contributed by atoms with van der Waals surface area (Å²) in [5, 5.41) is 5.75. The van der Waals surface area contributed by atoms with E-state index in [9.17, 15) is 13.2 Å². The first-order valence-electron chi connectivity index (χ1n) is 10.7. The maximum atomic E-state index is 13.1. The molecule has 4 aromatic rings. The molecule has 2 aromatic heterocycles. The van der Waals surface area contributed by atoms with Crippen LogP contribution in [-0.2, 0) is 26.2 Å². The van der Waals surface area contributed by atoms with Crippen molar-refractivity contribution in [1.82, 2.24) is 9.46 Å². The van der Waals surface area contributed by atoms with Gasteiger partial charge in [0.15, 0.2) is 5.76 Å². The molecule has 8 nitrogen and oxygen atoms in total. The fourth-order valence-corrected chi connectivity index (χ4v) is 5.49. The van der Waals surface area contributed by atoms with Gasteiger partial charge in [0.05, 0.1) is 17.1 Å². The number of sulfonamides is 1. The zero-order chi connectivity index (χ0) is 22.8. The molecule has 0 saturated carbocycles. The Morgan fingerprint density at radius 3 is 2.55 bits per heavy atom. The normalized spacial score (nSPS) is 15.6. The molecule has 1 aliphatic rings. The van der Waals surface area contributed by atoms with Crippen molar-refractivity contribution in [2.24, 2.45) is 5.92 Å². The van der Waals surface area contributed by atoms with E-state index in [2.05, 4.69) is 5.16 Å². The molecule has 33 heavy (non-hydrogen) atoms. The lowest BCUT2D eigenvalue weighted by molar-refractivity contribution is -0.151. The Morgan fingerprint density at radius 2 is 1.79 bits per heavy atom. The van der Waals surface area contributed by atoms with Gasteiger partial charge in [-0.1, -0.05) is 35.5 Å². The van der Waals surface area contributed by atoms with Crippen molar-refractivity contribution in [1.29, 1.82) is 0 Å². The topological polar surface area (TPSA) is 103 Å². The van der Waals surface area contributed by atoms with Gasteiger partial charge in [-0.15, -0.1) is 0 Å². The van der Waals surface area contributed by atoms with E-state index in [4.69, 9.17) is 13.7 Å². The molecule has 9 heteroatoms. The van der Waals surface area contributed by atoms with E-state index in [-0.39, 0.29) is 36.5 Å². The molecule has 1 saturated heterocycles. The Balaban J connectivity index is 1.17. The zero-order valence-corrected chi connectivity index (χ0v) is 18.5. The largest absolute Gasteiger partial charge is 0.461 e. The fraction of sp³-hybridized carbons (Fsp3) is 0.250. The Hall–Kier alpha value is -3.43. The number of fused-ring (bicyclic) bond motifs is 1. The van der Waals surface area contributed by atoms with E-state index in [1.807, 2.05) is 30.3 Å². The molecule has 0 aliphatic carbocycles. The number of rotatable bonds is 6. The molecule has 0 spiro atoms. The number of hydrogen-bond acceptors (Lipinski definition) is 7. The Kier molecular flexibility index (Phi) is 5.74. The number of carbonyl (C=O) groups excluding carboxylic acids is 1. The van der Waals surface area contributed by atoms with Gasteiger partial charge in [-0.3, -0.25) is 4.79 Å². The minimum Gasteiger partial charge on any atom is -0.461 e. The lowest BCUT2D eigenvalue weighted by atomic mass is 9.98. The van der Waals surface area contributed by atoms with Gasteiger partial charge in [-0.25, -0.2) is 8.42 Å². The van der Waals surface area contributed by atoms with Crippen LogP contribution in [0.5, 0.6) is 0 Å². The first-order valence-corrected chi connectivity index (χ1v) is 12.1. The average molecular weight is 467 g/mol. The summed E-state index contributed by atoms with van der Waals surface area (Å²) < 4.78 is 43.5. The molecule has 5 rings (SSSR count). The summed E-state index contributed by atoms with van der Waals surface area (Å²) >= 11 is 0. The summed E-state index contributed by atoms with van der Waals surface area (Å²) in [5.74, 6) is 0.281. The van der Waals surface area contributed by atoms with Crippen LogP contribution in [-0.4, -0.2) is 36.9 Å². The number of nitrogens with zero attached hydrogens (tertiary/aromatic N) is 2. The molecule has 0 unspecified atom stereocenters. The Bertz CT molecular complexity index is 1370. The van der Waals surface area contributed by atoms with E-state index in [1.165, 1.54) is 10.6 Å². The predicted molar refractivity (Wildman–Crippen MR) is 119 cm³/mol. The molecule has 0 amide bonds. The molecular weight excluding hydrogens is 444 g/mol. The van der Waals surface area contributed by atoms with Gasteiger partial charge in [0.1, 0.15) is 12.3 Å². The summed E-state index contributed by atoms with van der Waals surface area (Å²) in [6.07, 6.45) is 2.34. The minimum atomic E-state index is -3.63. The lowest BCUT2D eigenvalue weighted by Gasteiger charge is -2.30. The molecule has 170 valence electrons. The smallest absolute Gasteiger partial charge is 0.309 e. The third-order valence-corrected chi connectivity index (χ3v) is 7.73. The van der Waals surface area contributed by atoms with Crippen LogP contribution in [0.4, 0.5) is 0 Å². The second-order valence-electron chi connectivity index (χ2n) is 7.95. The lowest BCUT2D eigenvalue weighted by Crippen LogP contribution is -2.40. The predicted octanol–water partition coefficient (Wildman–Crippen LogP) is 4.23. The first kappa shape index (κ1) is 21.4. The van der Waals surface area contributed by atoms with Crippen LogP contribution in [0.2, 0.25) is 0 Å². The van der Waals surface area contributed by atoms with Crippen molar-refractivity contribution in [2.75, 3.05) is 13.1 Å². The summed E-state index contributed by atoms with van der Waals surface area (Å²) in [6.45, 7) is 0.516. The molecule has 1 fully saturated rings. The summed E-state index contributed by atoms with van der Waals surface area (Å²) in [6, 6.07) is 17.9. The summed E-state index contributed by atoms with van der Waals surface area (Å²) in [4.78, 5) is 12.8. The highest BCUT2D eigenvalue weighted by Gasteiger charge is 2.33. The first-order chi connectivity index (χ1) is 16.0. The van der Waals surface area contributed by atoms with Gasteiger partial charge >= 0.3 is 5.97 Å². The third kappa shape index (κ3) is 4.42. The van der Waals surface area contributed by atoms with Crippen LogP contribution < -0.4 is 0 Å². The van der Waals surface area contributed by atoms with Crippen LogP contribution in [0.15, 0.2) is 80.8 Å². The number of ether oxygens (including phenoxy) is 1. The van der Waals surface area contributed by atoms with E-state index >= 15 is 0 Å². The van der Waals surface area contributed by atoms with Gasteiger partial charge < -0.3 is 13.7 Å². The van der Waals surface area contributed by atoms with E-state index < -0.39 is 10.0 Å². The van der Waals surface area contributed by atoms with Crippen LogP contribution >= 0.6 is 0 Å². The molecular formula is C24H22N2O6S. The average Bonchev–Trinajstić information content (AvgIpc) is 3.54. The zero-order valence-electron chi connectivity index (χ0n) is 17.7. The maximum Gasteiger partial charge on any atom is 0.309 e. The second-order valence-corrected chi connectivity index (χ2v) is 9.89. The van der Waals surface area contributed by atoms with E-state index in [0.717, 1.165) is 10.8 Å². The van der Waals surface area contributed by atoms with Gasteiger partial charge in [0.2, 0.25) is 15.8 Å². The van der Waals surface area contributed by atoms with Crippen molar-refractivity contribution < 1.29 is 26.9 Å². The number of benzene rings is 2. The second kappa shape index (κ2) is 8.84. The molecule has 0 N–H and O–H groups in total. The van der Waals surface area contributed by atoms with Crippen molar-refractivity contribution in [3.05, 3.63) is 72.6 Å². The van der Waals surface area contributed by atoms with Gasteiger partial charge in [0, 0.05) is 19.2 Å². The van der Waals surface area contributed by atoms with E-state index in [1.54, 1.807) is 30.3 Å². The van der Waals surface area contributed by atoms with Gasteiger partial charge in [-0.2, -0.15) is 4.31 Å². The molecule has 3 heterocycles. The molecule has 2 aromatic carbocycles. The highest BCUT2D eigenvalue weighted by Crippen LogP contribution is 2.27. The quantitative estimate of drug-likeness (QED) is 0.392. The van der Waals surface area contributed by atoms with Crippen LogP contribution in [0.1, 0.15) is 18.5 Å². The van der Waals surface area contributed by atoms with Gasteiger partial charge in [0.25, 0.3) is 0 Å². The highest BCUT2D eigenvalue weighted by atomic mass is 32.2. The highest BCUT2D eigenvalue weighted by molar-refractivity contribution is 7.89. The van der Waals surface area contributed by atoms with Gasteiger partial charge in [-0.05, 0) is 47.9 Å². The van der Waals surface area contributed by atoms with Crippen molar-refractivity contribution >= 4 is 26.8 Å². The monoisotopic (exact) mass is 466 g/mol. The number of carbonyl (C=O) groups is 1.